The minimum Gasteiger partial charge on any atom is -0.491 e. The van der Waals surface area contributed by atoms with Crippen molar-refractivity contribution in [2.75, 3.05) is 13.9 Å². The van der Waals surface area contributed by atoms with Crippen LogP contribution in [0.25, 0.3) is 10.9 Å². The lowest BCUT2D eigenvalue weighted by atomic mass is 10.1. The smallest absolute Gasteiger partial charge is 0.231 e. The van der Waals surface area contributed by atoms with Gasteiger partial charge < -0.3 is 14.2 Å². The second-order valence-electron chi connectivity index (χ2n) is 3.50. The van der Waals surface area contributed by atoms with Crippen LogP contribution in [-0.4, -0.2) is 23.9 Å². The topological polar surface area (TPSA) is 53.5 Å². The van der Waals surface area contributed by atoms with Crippen molar-refractivity contribution >= 4 is 10.9 Å². The third-order valence-corrected chi connectivity index (χ3v) is 2.63. The molecule has 0 aliphatic carbocycles. The molecular formula is C11H10N2O3. The molecule has 0 N–H and O–H groups in total. The first kappa shape index (κ1) is 9.21. The van der Waals surface area contributed by atoms with Gasteiger partial charge in [-0.2, -0.15) is 0 Å². The van der Waals surface area contributed by atoms with Crippen molar-refractivity contribution < 1.29 is 14.2 Å². The summed E-state index contributed by atoms with van der Waals surface area (Å²) in [6.07, 6.45) is 1.52. The van der Waals surface area contributed by atoms with E-state index < -0.39 is 0 Å². The standard InChI is InChI=1S/C11H10N2O3/c1-6-7-3-8-10(16-5-15-8)11(14-2)9(7)13-4-12-6/h3-4H,5H2,1-2H3. The highest BCUT2D eigenvalue weighted by atomic mass is 16.7. The Kier molecular flexibility index (Phi) is 1.86. The van der Waals surface area contributed by atoms with E-state index in [-0.39, 0.29) is 6.79 Å². The van der Waals surface area contributed by atoms with Crippen molar-refractivity contribution in [1.29, 1.82) is 0 Å². The predicted molar refractivity (Wildman–Crippen MR) is 57.0 cm³/mol. The van der Waals surface area contributed by atoms with Gasteiger partial charge in [0.1, 0.15) is 11.8 Å². The number of methoxy groups -OCH3 is 1. The summed E-state index contributed by atoms with van der Waals surface area (Å²) in [4.78, 5) is 8.36. The summed E-state index contributed by atoms with van der Waals surface area (Å²) in [5.41, 5.74) is 1.64. The summed E-state index contributed by atoms with van der Waals surface area (Å²) in [5, 5.41) is 0.920. The first-order valence-electron chi connectivity index (χ1n) is 4.89. The molecule has 1 aliphatic rings. The highest BCUT2D eigenvalue weighted by Gasteiger charge is 2.23. The molecule has 0 fully saturated rings. The zero-order chi connectivity index (χ0) is 11.1. The SMILES string of the molecule is COc1c2c(cc3c(C)ncnc13)OCO2. The molecule has 0 bridgehead atoms. The Labute approximate surface area is 92.0 Å². The van der Waals surface area contributed by atoms with Crippen molar-refractivity contribution in [3.8, 4) is 17.2 Å². The molecule has 3 rings (SSSR count). The van der Waals surface area contributed by atoms with Crippen LogP contribution < -0.4 is 14.2 Å². The van der Waals surface area contributed by atoms with Gasteiger partial charge in [0.25, 0.3) is 0 Å². The third kappa shape index (κ3) is 1.11. The van der Waals surface area contributed by atoms with Crippen LogP contribution in [0.2, 0.25) is 0 Å². The van der Waals surface area contributed by atoms with Crippen LogP contribution in [0.3, 0.4) is 0 Å². The number of aryl methyl sites for hydroxylation is 1. The van der Waals surface area contributed by atoms with Crippen molar-refractivity contribution in [2.24, 2.45) is 0 Å². The van der Waals surface area contributed by atoms with E-state index >= 15 is 0 Å². The molecule has 0 saturated heterocycles. The zero-order valence-corrected chi connectivity index (χ0v) is 8.98. The van der Waals surface area contributed by atoms with Crippen molar-refractivity contribution in [2.45, 2.75) is 6.92 Å². The number of hydrogen-bond donors (Lipinski definition) is 0. The van der Waals surface area contributed by atoms with E-state index in [0.29, 0.717) is 17.2 Å². The Morgan fingerprint density at radius 2 is 2.19 bits per heavy atom. The molecule has 16 heavy (non-hydrogen) atoms. The quantitative estimate of drug-likeness (QED) is 0.728. The highest BCUT2D eigenvalue weighted by molar-refractivity contribution is 5.91. The van der Waals surface area contributed by atoms with Crippen molar-refractivity contribution in [1.82, 2.24) is 9.97 Å². The van der Waals surface area contributed by atoms with E-state index in [9.17, 15) is 0 Å². The largest absolute Gasteiger partial charge is 0.491 e. The number of rotatable bonds is 1. The van der Waals surface area contributed by atoms with E-state index in [0.717, 1.165) is 16.6 Å². The summed E-state index contributed by atoms with van der Waals surface area (Å²) >= 11 is 0. The molecular weight excluding hydrogens is 208 g/mol. The van der Waals surface area contributed by atoms with Crippen LogP contribution in [-0.2, 0) is 0 Å². The Hall–Kier alpha value is -2.04. The highest BCUT2D eigenvalue weighted by Crippen LogP contribution is 2.45. The van der Waals surface area contributed by atoms with Crippen LogP contribution in [0.5, 0.6) is 17.2 Å². The molecule has 1 aromatic carbocycles. The zero-order valence-electron chi connectivity index (χ0n) is 8.98. The van der Waals surface area contributed by atoms with Crippen LogP contribution in [0.4, 0.5) is 0 Å². The van der Waals surface area contributed by atoms with Gasteiger partial charge in [-0.3, -0.25) is 0 Å². The summed E-state index contributed by atoms with van der Waals surface area (Å²) in [5.74, 6) is 1.91. The van der Waals surface area contributed by atoms with Gasteiger partial charge in [0.15, 0.2) is 11.5 Å². The number of benzene rings is 1. The third-order valence-electron chi connectivity index (χ3n) is 2.63. The van der Waals surface area contributed by atoms with Crippen LogP contribution in [0.15, 0.2) is 12.4 Å². The molecule has 2 aromatic rings. The Morgan fingerprint density at radius 1 is 1.31 bits per heavy atom. The average Bonchev–Trinajstić information content (AvgIpc) is 2.75. The summed E-state index contributed by atoms with van der Waals surface area (Å²) in [6.45, 7) is 2.14. The summed E-state index contributed by atoms with van der Waals surface area (Å²) < 4.78 is 16.0. The van der Waals surface area contributed by atoms with Crippen molar-refractivity contribution in [3.05, 3.63) is 18.1 Å². The molecule has 0 amide bonds. The van der Waals surface area contributed by atoms with Crippen LogP contribution >= 0.6 is 0 Å². The molecule has 0 spiro atoms. The van der Waals surface area contributed by atoms with Gasteiger partial charge in [0, 0.05) is 11.1 Å². The molecule has 0 radical (unpaired) electrons. The second-order valence-corrected chi connectivity index (χ2v) is 3.50. The summed E-state index contributed by atoms with van der Waals surface area (Å²) in [7, 11) is 1.59. The van der Waals surface area contributed by atoms with E-state index in [4.69, 9.17) is 14.2 Å². The Bertz CT molecular complexity index is 569. The lowest BCUT2D eigenvalue weighted by Crippen LogP contribution is -1.95. The van der Waals surface area contributed by atoms with Crippen LogP contribution in [0.1, 0.15) is 5.69 Å². The van der Waals surface area contributed by atoms with Gasteiger partial charge in [-0.25, -0.2) is 9.97 Å². The van der Waals surface area contributed by atoms with Gasteiger partial charge in [-0.05, 0) is 13.0 Å². The molecule has 5 heteroatoms. The van der Waals surface area contributed by atoms with Gasteiger partial charge in [0.2, 0.25) is 12.5 Å². The molecule has 1 aromatic heterocycles. The minimum absolute atomic E-state index is 0.217. The number of hydrogen-bond acceptors (Lipinski definition) is 5. The lowest BCUT2D eigenvalue weighted by molar-refractivity contribution is 0.171. The van der Waals surface area contributed by atoms with Gasteiger partial charge >= 0.3 is 0 Å². The maximum absolute atomic E-state index is 5.36. The van der Waals surface area contributed by atoms with E-state index in [1.807, 2.05) is 13.0 Å². The lowest BCUT2D eigenvalue weighted by Gasteiger charge is -2.08. The maximum Gasteiger partial charge on any atom is 0.231 e. The number of aromatic nitrogens is 2. The summed E-state index contributed by atoms with van der Waals surface area (Å²) in [6, 6.07) is 1.88. The number of ether oxygens (including phenoxy) is 3. The van der Waals surface area contributed by atoms with E-state index in [2.05, 4.69) is 9.97 Å². The van der Waals surface area contributed by atoms with Gasteiger partial charge in [-0.15, -0.1) is 0 Å². The van der Waals surface area contributed by atoms with Crippen molar-refractivity contribution in [3.63, 3.8) is 0 Å². The molecule has 0 atom stereocenters. The van der Waals surface area contributed by atoms with E-state index in [1.165, 1.54) is 6.33 Å². The minimum atomic E-state index is 0.217. The maximum atomic E-state index is 5.36. The van der Waals surface area contributed by atoms with Crippen LogP contribution in [0, 0.1) is 6.92 Å². The average molecular weight is 218 g/mol. The van der Waals surface area contributed by atoms with Gasteiger partial charge in [-0.1, -0.05) is 0 Å². The number of fused-ring (bicyclic) bond motifs is 2. The first-order chi connectivity index (χ1) is 7.81. The van der Waals surface area contributed by atoms with E-state index in [1.54, 1.807) is 7.11 Å². The molecule has 0 unspecified atom stereocenters. The first-order valence-corrected chi connectivity index (χ1v) is 4.89. The van der Waals surface area contributed by atoms with Gasteiger partial charge in [0.05, 0.1) is 7.11 Å². The molecule has 2 heterocycles. The molecule has 82 valence electrons. The predicted octanol–water partition coefficient (Wildman–Crippen LogP) is 1.68. The fourth-order valence-electron chi connectivity index (χ4n) is 1.84. The Morgan fingerprint density at radius 3 is 3.00 bits per heavy atom. The molecule has 5 nitrogen and oxygen atoms in total. The second kappa shape index (κ2) is 3.23. The number of nitrogens with zero attached hydrogens (tertiary/aromatic N) is 2. The fourth-order valence-corrected chi connectivity index (χ4v) is 1.84. The molecule has 1 aliphatic heterocycles. The fraction of sp³-hybridized carbons (Fsp3) is 0.273. The monoisotopic (exact) mass is 218 g/mol. The molecule has 0 saturated carbocycles. The Balaban J connectivity index is 2.44. The normalized spacial score (nSPS) is 13.1.